The predicted octanol–water partition coefficient (Wildman–Crippen LogP) is 4.54. The molecule has 1 amide bonds. The molecule has 178 valence electrons. The van der Waals surface area contributed by atoms with Crippen LogP contribution in [-0.4, -0.2) is 51.7 Å². The zero-order valence-corrected chi connectivity index (χ0v) is 19.4. The monoisotopic (exact) mass is 485 g/mol. The first-order valence-corrected chi connectivity index (χ1v) is 11.5. The third-order valence-corrected chi connectivity index (χ3v) is 6.17. The van der Waals surface area contributed by atoms with E-state index >= 15 is 0 Å². The van der Waals surface area contributed by atoms with Crippen LogP contribution in [0.25, 0.3) is 0 Å². The van der Waals surface area contributed by atoms with Crippen LogP contribution in [0.2, 0.25) is 5.02 Å². The first kappa shape index (κ1) is 23.7. The number of H-pyrrole nitrogens is 1. The average Bonchev–Trinajstić information content (AvgIpc) is 3.35. The Morgan fingerprint density at radius 3 is 2.71 bits per heavy atom. The highest BCUT2D eigenvalue weighted by molar-refractivity contribution is 6.31. The van der Waals surface area contributed by atoms with Crippen molar-refractivity contribution in [1.82, 2.24) is 20.1 Å². The Bertz CT molecular complexity index is 1150. The Balaban J connectivity index is 1.50. The fourth-order valence-corrected chi connectivity index (χ4v) is 4.39. The second-order valence-electron chi connectivity index (χ2n) is 8.00. The fraction of sp³-hybridized carbons (Fsp3) is 0.333. The van der Waals surface area contributed by atoms with Gasteiger partial charge in [0.05, 0.1) is 29.1 Å². The number of piperidine rings is 1. The summed E-state index contributed by atoms with van der Waals surface area (Å²) in [5, 5.41) is 9.75. The molecule has 2 N–H and O–H groups in total. The molecule has 3 heterocycles. The van der Waals surface area contributed by atoms with Gasteiger partial charge in [-0.1, -0.05) is 23.7 Å². The van der Waals surface area contributed by atoms with Gasteiger partial charge in [0.25, 0.3) is 5.91 Å². The third kappa shape index (κ3) is 5.20. The van der Waals surface area contributed by atoms with Crippen molar-refractivity contribution in [1.29, 1.82) is 0 Å². The van der Waals surface area contributed by atoms with Crippen LogP contribution >= 0.6 is 11.6 Å². The van der Waals surface area contributed by atoms with Gasteiger partial charge in [-0.05, 0) is 49.9 Å². The number of pyridine rings is 1. The van der Waals surface area contributed by atoms with E-state index < -0.39 is 17.6 Å². The maximum absolute atomic E-state index is 14.3. The lowest BCUT2D eigenvalue weighted by atomic mass is 9.82. The van der Waals surface area contributed by atoms with Gasteiger partial charge < -0.3 is 15.0 Å². The quantitative estimate of drug-likeness (QED) is 0.476. The number of nitrogens with zero attached hydrogens (tertiary/aromatic N) is 3. The Hall–Kier alpha value is -3.46. The molecule has 1 aliphatic rings. The highest BCUT2D eigenvalue weighted by Crippen LogP contribution is 2.34. The van der Waals surface area contributed by atoms with Gasteiger partial charge in [-0.25, -0.2) is 9.37 Å². The first-order chi connectivity index (χ1) is 16.5. The normalized spacial score (nSPS) is 15.1. The number of aromatic nitrogens is 3. The molecule has 0 saturated carbocycles. The fourth-order valence-electron chi connectivity index (χ4n) is 4.22. The number of halogens is 2. The molecule has 1 aliphatic heterocycles. The minimum atomic E-state index is -0.716. The van der Waals surface area contributed by atoms with Crippen LogP contribution in [0.15, 0.2) is 48.7 Å². The molecule has 2 aromatic heterocycles. The van der Waals surface area contributed by atoms with E-state index in [9.17, 15) is 14.0 Å². The summed E-state index contributed by atoms with van der Waals surface area (Å²) in [5.74, 6) is -0.885. The number of carbonyl (C=O) groups excluding carboxylic acids is 2. The van der Waals surface area contributed by atoms with Crippen LogP contribution < -0.4 is 5.32 Å². The van der Waals surface area contributed by atoms with Crippen LogP contribution in [0.5, 0.6) is 0 Å². The van der Waals surface area contributed by atoms with E-state index in [0.717, 1.165) is 0 Å². The van der Waals surface area contributed by atoms with E-state index in [1.807, 2.05) is 6.07 Å². The van der Waals surface area contributed by atoms with Gasteiger partial charge in [-0.15, -0.1) is 0 Å². The Labute approximate surface area is 201 Å². The smallest absolute Gasteiger partial charge is 0.315 e. The topological polar surface area (TPSA) is 100 Å². The predicted molar refractivity (Wildman–Crippen MR) is 126 cm³/mol. The Morgan fingerprint density at radius 2 is 2.00 bits per heavy atom. The van der Waals surface area contributed by atoms with Crippen LogP contribution in [0.3, 0.4) is 0 Å². The average molecular weight is 486 g/mol. The van der Waals surface area contributed by atoms with Gasteiger partial charge in [0.15, 0.2) is 5.82 Å². The largest absolute Gasteiger partial charge is 0.465 e. The van der Waals surface area contributed by atoms with Crippen molar-refractivity contribution in [2.45, 2.75) is 25.7 Å². The Kier molecular flexibility index (Phi) is 7.42. The van der Waals surface area contributed by atoms with Crippen molar-refractivity contribution in [3.8, 4) is 0 Å². The molecule has 1 saturated heterocycles. The van der Waals surface area contributed by atoms with Crippen molar-refractivity contribution in [3.05, 3.63) is 70.8 Å². The van der Waals surface area contributed by atoms with E-state index in [1.165, 1.54) is 12.1 Å². The number of hydrogen-bond acceptors (Lipinski definition) is 6. The Morgan fingerprint density at radius 1 is 1.24 bits per heavy atom. The molecule has 0 radical (unpaired) electrons. The number of aromatic amines is 1. The highest BCUT2D eigenvalue weighted by atomic mass is 35.5. The maximum atomic E-state index is 14.3. The standard InChI is InChI=1S/C24H25ClFN5O3/c1-2-34-24(33)21(18-7-4-8-19(28-18)29-20-9-12-27-30-20)15-10-13-31(14-11-15)23(32)16-5-3-6-17(25)22(16)26/h3-9,12,15,21H,2,10-11,13-14H2,1H3,(H2,27,28,29,30)/t21-/m0/s1. The molecule has 0 spiro atoms. The molecular formula is C24H25ClFN5O3. The maximum Gasteiger partial charge on any atom is 0.315 e. The number of hydrogen-bond donors (Lipinski definition) is 2. The molecule has 0 unspecified atom stereocenters. The van der Waals surface area contributed by atoms with Gasteiger partial charge in [-0.3, -0.25) is 14.7 Å². The lowest BCUT2D eigenvalue weighted by molar-refractivity contribution is -0.147. The van der Waals surface area contributed by atoms with E-state index in [1.54, 1.807) is 42.3 Å². The van der Waals surface area contributed by atoms with Crippen LogP contribution in [-0.2, 0) is 9.53 Å². The van der Waals surface area contributed by atoms with Crippen molar-refractivity contribution < 1.29 is 18.7 Å². The number of ether oxygens (including phenoxy) is 1. The molecule has 4 rings (SSSR count). The molecular weight excluding hydrogens is 461 g/mol. The van der Waals surface area contributed by atoms with Crippen LogP contribution in [0.4, 0.5) is 16.0 Å². The molecule has 8 nitrogen and oxygen atoms in total. The molecule has 10 heteroatoms. The third-order valence-electron chi connectivity index (χ3n) is 5.87. The van der Waals surface area contributed by atoms with Gasteiger partial charge in [0.2, 0.25) is 0 Å². The van der Waals surface area contributed by atoms with Crippen molar-refractivity contribution in [2.24, 2.45) is 5.92 Å². The second kappa shape index (κ2) is 10.6. The van der Waals surface area contributed by atoms with Gasteiger partial charge in [-0.2, -0.15) is 5.10 Å². The molecule has 1 atom stereocenters. The van der Waals surface area contributed by atoms with Crippen LogP contribution in [0, 0.1) is 11.7 Å². The molecule has 0 bridgehead atoms. The number of amides is 1. The number of nitrogens with one attached hydrogen (secondary N) is 2. The number of anilines is 2. The summed E-state index contributed by atoms with van der Waals surface area (Å²) in [5.41, 5.74) is 0.542. The number of esters is 1. The minimum Gasteiger partial charge on any atom is -0.465 e. The minimum absolute atomic E-state index is 0.0489. The summed E-state index contributed by atoms with van der Waals surface area (Å²) >= 11 is 5.84. The highest BCUT2D eigenvalue weighted by Gasteiger charge is 2.36. The molecule has 1 fully saturated rings. The first-order valence-electron chi connectivity index (χ1n) is 11.1. The lowest BCUT2D eigenvalue weighted by Gasteiger charge is -2.35. The van der Waals surface area contributed by atoms with Crippen molar-refractivity contribution in [2.75, 3.05) is 25.0 Å². The molecule has 0 aliphatic carbocycles. The van der Waals surface area contributed by atoms with Crippen LogP contribution in [0.1, 0.15) is 41.7 Å². The number of likely N-dealkylation sites (tertiary alicyclic amines) is 1. The van der Waals surface area contributed by atoms with E-state index in [4.69, 9.17) is 16.3 Å². The van der Waals surface area contributed by atoms with Crippen molar-refractivity contribution >= 4 is 35.1 Å². The summed E-state index contributed by atoms with van der Waals surface area (Å²) in [6.45, 7) is 2.79. The summed E-state index contributed by atoms with van der Waals surface area (Å²) < 4.78 is 19.7. The van der Waals surface area contributed by atoms with E-state index in [0.29, 0.717) is 43.3 Å². The zero-order chi connectivity index (χ0) is 24.1. The van der Waals surface area contributed by atoms with Crippen molar-refractivity contribution in [3.63, 3.8) is 0 Å². The molecule has 1 aromatic carbocycles. The van der Waals surface area contributed by atoms with Gasteiger partial charge >= 0.3 is 5.97 Å². The lowest BCUT2D eigenvalue weighted by Crippen LogP contribution is -2.41. The summed E-state index contributed by atoms with van der Waals surface area (Å²) in [6.07, 6.45) is 2.73. The van der Waals surface area contributed by atoms with E-state index in [2.05, 4.69) is 20.5 Å². The molecule has 34 heavy (non-hydrogen) atoms. The van der Waals surface area contributed by atoms with E-state index in [-0.39, 0.29) is 29.1 Å². The number of benzene rings is 1. The number of rotatable bonds is 7. The summed E-state index contributed by atoms with van der Waals surface area (Å²) in [4.78, 5) is 32.0. The molecule has 3 aromatic rings. The SMILES string of the molecule is CCOC(=O)[C@H](c1cccc(Nc2ccn[nH]2)n1)C1CCN(C(=O)c2cccc(Cl)c2F)CC1. The second-order valence-corrected chi connectivity index (χ2v) is 8.41. The number of carbonyl (C=O) groups is 2. The summed E-state index contributed by atoms with van der Waals surface area (Å²) in [7, 11) is 0. The van der Waals surface area contributed by atoms with Gasteiger partial charge in [0.1, 0.15) is 17.6 Å². The van der Waals surface area contributed by atoms with Gasteiger partial charge in [0, 0.05) is 19.2 Å². The summed E-state index contributed by atoms with van der Waals surface area (Å²) in [6, 6.07) is 11.6. The zero-order valence-electron chi connectivity index (χ0n) is 18.6.